The highest BCUT2D eigenvalue weighted by atomic mass is 32.2. The minimum absolute atomic E-state index is 0.207. The molecule has 8 heteroatoms. The van der Waals surface area contributed by atoms with Gasteiger partial charge in [0.25, 0.3) is 0 Å². The molecule has 0 aliphatic heterocycles. The zero-order valence-electron chi connectivity index (χ0n) is 11.3. The van der Waals surface area contributed by atoms with E-state index in [0.29, 0.717) is 13.0 Å². The fourth-order valence-electron chi connectivity index (χ4n) is 1.65. The Bertz CT molecular complexity index is 589. The van der Waals surface area contributed by atoms with E-state index in [4.69, 9.17) is 5.11 Å². The van der Waals surface area contributed by atoms with Crippen LogP contribution in [0.1, 0.15) is 16.8 Å². The quantitative estimate of drug-likeness (QED) is 0.726. The molecule has 0 radical (unpaired) electrons. The molecule has 112 valence electrons. The molecule has 0 aromatic heterocycles. The molecule has 1 aromatic rings. The van der Waals surface area contributed by atoms with E-state index in [1.54, 1.807) is 7.05 Å². The van der Waals surface area contributed by atoms with Gasteiger partial charge in [0.05, 0.1) is 10.5 Å². The molecule has 0 aliphatic rings. The van der Waals surface area contributed by atoms with Crippen molar-refractivity contribution in [3.05, 3.63) is 29.6 Å². The lowest BCUT2D eigenvalue weighted by Crippen LogP contribution is -2.30. The summed E-state index contributed by atoms with van der Waals surface area (Å²) in [6, 6.07) is 2.60. The number of carboxylic acid groups (broad SMARTS) is 1. The first-order chi connectivity index (χ1) is 9.30. The first-order valence-electron chi connectivity index (χ1n) is 5.94. The fourth-order valence-corrected chi connectivity index (χ4v) is 3.05. The highest BCUT2D eigenvalue weighted by molar-refractivity contribution is 7.89. The maximum atomic E-state index is 13.2. The lowest BCUT2D eigenvalue weighted by atomic mass is 10.2. The van der Waals surface area contributed by atoms with Crippen LogP contribution in [0.25, 0.3) is 0 Å². The average Bonchev–Trinajstić information content (AvgIpc) is 2.38. The van der Waals surface area contributed by atoms with Crippen molar-refractivity contribution in [1.82, 2.24) is 9.62 Å². The Labute approximate surface area is 117 Å². The van der Waals surface area contributed by atoms with Gasteiger partial charge in [-0.3, -0.25) is 0 Å². The maximum absolute atomic E-state index is 13.2. The van der Waals surface area contributed by atoms with E-state index in [2.05, 4.69) is 5.32 Å². The van der Waals surface area contributed by atoms with Gasteiger partial charge in [0.1, 0.15) is 5.82 Å². The summed E-state index contributed by atoms with van der Waals surface area (Å²) in [5.41, 5.74) is -0.438. The minimum Gasteiger partial charge on any atom is -0.478 e. The molecule has 0 amide bonds. The second-order valence-electron chi connectivity index (χ2n) is 4.23. The number of aromatic carboxylic acids is 1. The molecule has 20 heavy (non-hydrogen) atoms. The number of carbonyl (C=O) groups is 1. The predicted molar refractivity (Wildman–Crippen MR) is 71.7 cm³/mol. The smallest absolute Gasteiger partial charge is 0.337 e. The number of carboxylic acids is 1. The van der Waals surface area contributed by atoms with Crippen LogP contribution in [0.2, 0.25) is 0 Å². The Balaban J connectivity index is 3.14. The van der Waals surface area contributed by atoms with E-state index in [9.17, 15) is 17.6 Å². The standard InChI is InChI=1S/C12H17FN2O4S/c1-14-6-3-7-15(2)20(18,19)11-8-9(13)4-5-10(11)12(16)17/h4-5,8,14H,3,6-7H2,1-2H3,(H,16,17). The number of sulfonamides is 1. The van der Waals surface area contributed by atoms with Gasteiger partial charge in [-0.1, -0.05) is 0 Å². The van der Waals surface area contributed by atoms with E-state index in [1.807, 2.05) is 0 Å². The molecule has 0 saturated heterocycles. The summed E-state index contributed by atoms with van der Waals surface area (Å²) in [4.78, 5) is 10.5. The molecule has 0 saturated carbocycles. The SMILES string of the molecule is CNCCCN(C)S(=O)(=O)c1cc(F)ccc1C(=O)O. The number of nitrogens with one attached hydrogen (secondary N) is 1. The zero-order chi connectivity index (χ0) is 15.3. The topological polar surface area (TPSA) is 86.7 Å². The number of benzene rings is 1. The minimum atomic E-state index is -4.03. The van der Waals surface area contributed by atoms with Crippen molar-refractivity contribution in [2.45, 2.75) is 11.3 Å². The van der Waals surface area contributed by atoms with Crippen molar-refractivity contribution in [3.63, 3.8) is 0 Å². The highest BCUT2D eigenvalue weighted by Crippen LogP contribution is 2.21. The Morgan fingerprint density at radius 1 is 1.45 bits per heavy atom. The molecule has 0 fully saturated rings. The van der Waals surface area contributed by atoms with Crippen molar-refractivity contribution < 1.29 is 22.7 Å². The first kappa shape index (κ1) is 16.5. The predicted octanol–water partition coefficient (Wildman–Crippen LogP) is 0.754. The summed E-state index contributed by atoms with van der Waals surface area (Å²) in [6.45, 7) is 0.827. The van der Waals surface area contributed by atoms with Crippen LogP contribution in [-0.4, -0.2) is 51.0 Å². The summed E-state index contributed by atoms with van der Waals surface area (Å²) < 4.78 is 38.8. The molecular weight excluding hydrogens is 287 g/mol. The van der Waals surface area contributed by atoms with Crippen LogP contribution in [0.3, 0.4) is 0 Å². The Hall–Kier alpha value is -1.51. The monoisotopic (exact) mass is 304 g/mol. The van der Waals surface area contributed by atoms with Crippen molar-refractivity contribution in [1.29, 1.82) is 0 Å². The second kappa shape index (κ2) is 6.78. The van der Waals surface area contributed by atoms with E-state index in [0.717, 1.165) is 22.5 Å². The second-order valence-corrected chi connectivity index (χ2v) is 6.24. The summed E-state index contributed by atoms with van der Waals surface area (Å²) in [7, 11) is -0.958. The summed E-state index contributed by atoms with van der Waals surface area (Å²) >= 11 is 0. The number of nitrogens with zero attached hydrogens (tertiary/aromatic N) is 1. The number of hydrogen-bond donors (Lipinski definition) is 2. The van der Waals surface area contributed by atoms with Gasteiger partial charge < -0.3 is 10.4 Å². The van der Waals surface area contributed by atoms with Gasteiger partial charge in [0.15, 0.2) is 0 Å². The Morgan fingerprint density at radius 3 is 2.65 bits per heavy atom. The summed E-state index contributed by atoms with van der Waals surface area (Å²) in [5, 5.41) is 11.9. The maximum Gasteiger partial charge on any atom is 0.337 e. The van der Waals surface area contributed by atoms with E-state index >= 15 is 0 Å². The molecule has 0 spiro atoms. The molecule has 0 unspecified atom stereocenters. The third kappa shape index (κ3) is 3.75. The van der Waals surface area contributed by atoms with E-state index < -0.39 is 32.3 Å². The third-order valence-corrected chi connectivity index (χ3v) is 4.66. The lowest BCUT2D eigenvalue weighted by Gasteiger charge is -2.18. The molecule has 0 bridgehead atoms. The van der Waals surface area contributed by atoms with Crippen LogP contribution < -0.4 is 5.32 Å². The van der Waals surface area contributed by atoms with Crippen LogP contribution in [0.15, 0.2) is 23.1 Å². The van der Waals surface area contributed by atoms with E-state index in [1.165, 1.54) is 7.05 Å². The normalized spacial score (nSPS) is 11.8. The molecule has 0 atom stereocenters. The number of halogens is 1. The van der Waals surface area contributed by atoms with Crippen molar-refractivity contribution >= 4 is 16.0 Å². The van der Waals surface area contributed by atoms with Gasteiger partial charge in [0, 0.05) is 13.6 Å². The summed E-state index contributed by atoms with van der Waals surface area (Å²) in [5.74, 6) is -2.20. The number of hydrogen-bond acceptors (Lipinski definition) is 4. The zero-order valence-corrected chi connectivity index (χ0v) is 12.1. The molecule has 0 aliphatic carbocycles. The number of rotatable bonds is 7. The van der Waals surface area contributed by atoms with Crippen LogP contribution in [0.5, 0.6) is 0 Å². The first-order valence-corrected chi connectivity index (χ1v) is 7.38. The molecule has 1 aromatic carbocycles. The van der Waals surface area contributed by atoms with Crippen LogP contribution >= 0.6 is 0 Å². The van der Waals surface area contributed by atoms with Crippen LogP contribution in [-0.2, 0) is 10.0 Å². The molecule has 6 nitrogen and oxygen atoms in total. The third-order valence-electron chi connectivity index (χ3n) is 2.76. The Kier molecular flexibility index (Phi) is 5.61. The van der Waals surface area contributed by atoms with Gasteiger partial charge in [0.2, 0.25) is 10.0 Å². The lowest BCUT2D eigenvalue weighted by molar-refractivity contribution is 0.0692. The van der Waals surface area contributed by atoms with Gasteiger partial charge >= 0.3 is 5.97 Å². The summed E-state index contributed by atoms with van der Waals surface area (Å²) in [6.07, 6.45) is 0.559. The molecular formula is C12H17FN2O4S. The average molecular weight is 304 g/mol. The fraction of sp³-hybridized carbons (Fsp3) is 0.417. The van der Waals surface area contributed by atoms with Gasteiger partial charge in [-0.25, -0.2) is 21.9 Å². The van der Waals surface area contributed by atoms with E-state index in [-0.39, 0.29) is 6.54 Å². The van der Waals surface area contributed by atoms with Crippen LogP contribution in [0, 0.1) is 5.82 Å². The molecule has 2 N–H and O–H groups in total. The molecule has 1 rings (SSSR count). The van der Waals surface area contributed by atoms with Crippen molar-refractivity contribution in [2.75, 3.05) is 27.2 Å². The van der Waals surface area contributed by atoms with Crippen LogP contribution in [0.4, 0.5) is 4.39 Å². The molecule has 0 heterocycles. The van der Waals surface area contributed by atoms with Gasteiger partial charge in [-0.05, 0) is 38.2 Å². The van der Waals surface area contributed by atoms with Crippen molar-refractivity contribution in [3.8, 4) is 0 Å². The van der Waals surface area contributed by atoms with Crippen molar-refractivity contribution in [2.24, 2.45) is 0 Å². The highest BCUT2D eigenvalue weighted by Gasteiger charge is 2.26. The largest absolute Gasteiger partial charge is 0.478 e. The van der Waals surface area contributed by atoms with Gasteiger partial charge in [-0.15, -0.1) is 0 Å². The Morgan fingerprint density at radius 2 is 2.10 bits per heavy atom. The van der Waals surface area contributed by atoms with Gasteiger partial charge in [-0.2, -0.15) is 0 Å².